The van der Waals surface area contributed by atoms with Crippen LogP contribution in [-0.4, -0.2) is 38.2 Å². The highest BCUT2D eigenvalue weighted by Crippen LogP contribution is 2.21. The van der Waals surface area contributed by atoms with E-state index in [-0.39, 0.29) is 11.8 Å². The second kappa shape index (κ2) is 7.98. The molecule has 2 aromatic rings. The average Bonchev–Trinajstić information content (AvgIpc) is 2.64. The van der Waals surface area contributed by atoms with Crippen LogP contribution in [0.1, 0.15) is 12.8 Å². The quantitative estimate of drug-likeness (QED) is 0.874. The summed E-state index contributed by atoms with van der Waals surface area (Å²) >= 11 is 0. The monoisotopic (exact) mass is 340 g/mol. The van der Waals surface area contributed by atoms with Crippen LogP contribution >= 0.6 is 0 Å². The average molecular weight is 340 g/mol. The zero-order valence-corrected chi connectivity index (χ0v) is 14.7. The van der Waals surface area contributed by atoms with E-state index in [0.717, 1.165) is 29.9 Å². The number of hydrogen-bond acceptors (Lipinski definition) is 5. The molecule has 0 bridgehead atoms. The van der Waals surface area contributed by atoms with E-state index in [9.17, 15) is 4.79 Å². The number of nitrogens with zero attached hydrogens (tertiary/aromatic N) is 2. The minimum atomic E-state index is 0.0172. The van der Waals surface area contributed by atoms with Gasteiger partial charge in [0.2, 0.25) is 5.91 Å². The molecule has 132 valence electrons. The first-order valence-corrected chi connectivity index (χ1v) is 8.51. The van der Waals surface area contributed by atoms with Gasteiger partial charge in [-0.1, -0.05) is 0 Å². The molecule has 6 nitrogen and oxygen atoms in total. The van der Waals surface area contributed by atoms with E-state index < -0.39 is 0 Å². The SMILES string of the molecule is CN(C)c1ccc(Nc2ccc(NC(=O)C3CCOCC3)nc2)cc1. The lowest BCUT2D eigenvalue weighted by atomic mass is 9.99. The van der Waals surface area contributed by atoms with Gasteiger partial charge < -0.3 is 20.3 Å². The molecule has 0 atom stereocenters. The van der Waals surface area contributed by atoms with Crippen molar-refractivity contribution in [3.63, 3.8) is 0 Å². The molecule has 0 unspecified atom stereocenters. The summed E-state index contributed by atoms with van der Waals surface area (Å²) in [7, 11) is 4.03. The van der Waals surface area contributed by atoms with Crippen molar-refractivity contribution in [2.45, 2.75) is 12.8 Å². The van der Waals surface area contributed by atoms with Crippen LogP contribution in [0.5, 0.6) is 0 Å². The zero-order chi connectivity index (χ0) is 17.6. The third kappa shape index (κ3) is 4.70. The summed E-state index contributed by atoms with van der Waals surface area (Å²) in [4.78, 5) is 18.6. The minimum absolute atomic E-state index is 0.0172. The number of rotatable bonds is 5. The number of pyridine rings is 1. The standard InChI is InChI=1S/C19H24N4O2/c1-23(2)17-6-3-15(4-7-17)21-16-5-8-18(20-13-16)22-19(24)14-9-11-25-12-10-14/h3-8,13-14,21H,9-12H2,1-2H3,(H,20,22,24). The summed E-state index contributed by atoms with van der Waals surface area (Å²) < 4.78 is 5.29. The van der Waals surface area contributed by atoms with Crippen molar-refractivity contribution in [2.24, 2.45) is 5.92 Å². The molecular formula is C19H24N4O2. The second-order valence-electron chi connectivity index (χ2n) is 6.37. The fourth-order valence-corrected chi connectivity index (χ4v) is 2.74. The van der Waals surface area contributed by atoms with Crippen LogP contribution in [0.3, 0.4) is 0 Å². The molecule has 0 saturated carbocycles. The number of hydrogen-bond donors (Lipinski definition) is 2. The van der Waals surface area contributed by atoms with Crippen LogP contribution in [0.2, 0.25) is 0 Å². The molecule has 0 spiro atoms. The van der Waals surface area contributed by atoms with Crippen LogP contribution in [-0.2, 0) is 9.53 Å². The first kappa shape index (κ1) is 17.2. The van der Waals surface area contributed by atoms with E-state index in [1.165, 1.54) is 0 Å². The Morgan fingerprint density at radius 1 is 1.08 bits per heavy atom. The molecule has 1 aliphatic rings. The van der Waals surface area contributed by atoms with E-state index in [2.05, 4.69) is 32.7 Å². The summed E-state index contributed by atoms with van der Waals surface area (Å²) in [5.41, 5.74) is 3.02. The van der Waals surface area contributed by atoms with Gasteiger partial charge >= 0.3 is 0 Å². The molecule has 1 aromatic carbocycles. The summed E-state index contributed by atoms with van der Waals surface area (Å²) in [6, 6.07) is 11.9. The molecule has 1 aliphatic heterocycles. The third-order valence-electron chi connectivity index (χ3n) is 4.28. The van der Waals surface area contributed by atoms with Crippen molar-refractivity contribution in [1.82, 2.24) is 4.98 Å². The zero-order valence-electron chi connectivity index (χ0n) is 14.7. The normalized spacial score (nSPS) is 14.8. The first-order chi connectivity index (χ1) is 12.1. The van der Waals surface area contributed by atoms with Crippen molar-refractivity contribution >= 4 is 28.8 Å². The Labute approximate surface area is 148 Å². The van der Waals surface area contributed by atoms with Gasteiger partial charge in [-0.3, -0.25) is 4.79 Å². The van der Waals surface area contributed by atoms with Crippen molar-refractivity contribution in [3.8, 4) is 0 Å². The van der Waals surface area contributed by atoms with Crippen LogP contribution in [0.25, 0.3) is 0 Å². The van der Waals surface area contributed by atoms with Crippen molar-refractivity contribution in [2.75, 3.05) is 42.8 Å². The van der Waals surface area contributed by atoms with Gasteiger partial charge in [0.15, 0.2) is 0 Å². The Kier molecular flexibility index (Phi) is 5.50. The molecule has 1 saturated heterocycles. The van der Waals surface area contributed by atoms with Crippen molar-refractivity contribution < 1.29 is 9.53 Å². The van der Waals surface area contributed by atoms with E-state index in [4.69, 9.17) is 4.74 Å². The minimum Gasteiger partial charge on any atom is -0.381 e. The van der Waals surface area contributed by atoms with Gasteiger partial charge in [-0.15, -0.1) is 0 Å². The van der Waals surface area contributed by atoms with Crippen molar-refractivity contribution in [1.29, 1.82) is 0 Å². The molecule has 6 heteroatoms. The van der Waals surface area contributed by atoms with E-state index >= 15 is 0 Å². The summed E-state index contributed by atoms with van der Waals surface area (Å²) in [6.07, 6.45) is 3.27. The van der Waals surface area contributed by atoms with E-state index in [1.807, 2.05) is 38.4 Å². The Bertz CT molecular complexity index is 692. The van der Waals surface area contributed by atoms with Crippen LogP contribution in [0.15, 0.2) is 42.6 Å². The van der Waals surface area contributed by atoms with Crippen molar-refractivity contribution in [3.05, 3.63) is 42.6 Å². The van der Waals surface area contributed by atoms with Gasteiger partial charge in [0.25, 0.3) is 0 Å². The van der Waals surface area contributed by atoms with Gasteiger partial charge in [-0.2, -0.15) is 0 Å². The molecule has 1 fully saturated rings. The van der Waals surface area contributed by atoms with Crippen LogP contribution in [0.4, 0.5) is 22.9 Å². The highest BCUT2D eigenvalue weighted by Gasteiger charge is 2.21. The number of aromatic nitrogens is 1. The lowest BCUT2D eigenvalue weighted by molar-refractivity contribution is -0.122. The lowest BCUT2D eigenvalue weighted by Crippen LogP contribution is -2.28. The van der Waals surface area contributed by atoms with Gasteiger partial charge in [0.1, 0.15) is 5.82 Å². The summed E-state index contributed by atoms with van der Waals surface area (Å²) in [5.74, 6) is 0.615. The largest absolute Gasteiger partial charge is 0.381 e. The molecule has 2 heterocycles. The molecule has 1 amide bonds. The topological polar surface area (TPSA) is 66.5 Å². The number of amides is 1. The Hall–Kier alpha value is -2.60. The molecule has 3 rings (SSSR count). The summed E-state index contributed by atoms with van der Waals surface area (Å²) in [6.45, 7) is 1.31. The number of carbonyl (C=O) groups is 1. The maximum absolute atomic E-state index is 12.2. The van der Waals surface area contributed by atoms with Gasteiger partial charge in [-0.05, 0) is 49.2 Å². The highest BCUT2D eigenvalue weighted by molar-refractivity contribution is 5.91. The third-order valence-corrected chi connectivity index (χ3v) is 4.28. The van der Waals surface area contributed by atoms with Crippen LogP contribution in [0, 0.1) is 5.92 Å². The maximum Gasteiger partial charge on any atom is 0.228 e. The molecule has 2 N–H and O–H groups in total. The number of nitrogens with one attached hydrogen (secondary N) is 2. The first-order valence-electron chi connectivity index (χ1n) is 8.51. The molecule has 1 aromatic heterocycles. The predicted molar refractivity (Wildman–Crippen MR) is 100 cm³/mol. The lowest BCUT2D eigenvalue weighted by Gasteiger charge is -2.21. The second-order valence-corrected chi connectivity index (χ2v) is 6.37. The fourth-order valence-electron chi connectivity index (χ4n) is 2.74. The Balaban J connectivity index is 1.57. The van der Waals surface area contributed by atoms with E-state index in [0.29, 0.717) is 19.0 Å². The number of benzene rings is 1. The highest BCUT2D eigenvalue weighted by atomic mass is 16.5. The number of carbonyl (C=O) groups excluding carboxylic acids is 1. The van der Waals surface area contributed by atoms with Gasteiger partial charge in [0.05, 0.1) is 11.9 Å². The van der Waals surface area contributed by atoms with Gasteiger partial charge in [0, 0.05) is 44.6 Å². The molecular weight excluding hydrogens is 316 g/mol. The fraction of sp³-hybridized carbons (Fsp3) is 0.368. The molecule has 0 aliphatic carbocycles. The van der Waals surface area contributed by atoms with E-state index in [1.54, 1.807) is 6.20 Å². The predicted octanol–water partition coefficient (Wildman–Crippen LogP) is 3.26. The number of anilines is 4. The smallest absolute Gasteiger partial charge is 0.228 e. The Morgan fingerprint density at radius 3 is 2.36 bits per heavy atom. The Morgan fingerprint density at radius 2 is 1.76 bits per heavy atom. The van der Waals surface area contributed by atoms with Gasteiger partial charge in [-0.25, -0.2) is 4.98 Å². The maximum atomic E-state index is 12.2. The summed E-state index contributed by atoms with van der Waals surface area (Å²) in [5, 5.41) is 6.19. The molecule has 25 heavy (non-hydrogen) atoms. The molecule has 0 radical (unpaired) electrons. The van der Waals surface area contributed by atoms with Crippen LogP contribution < -0.4 is 15.5 Å². The number of ether oxygens (including phenoxy) is 1.